The van der Waals surface area contributed by atoms with Crippen LogP contribution in [0, 0.1) is 0 Å². The highest BCUT2D eigenvalue weighted by Gasteiger charge is 2.13. The summed E-state index contributed by atoms with van der Waals surface area (Å²) in [5.74, 6) is 0.309. The molecule has 0 radical (unpaired) electrons. The van der Waals surface area contributed by atoms with Gasteiger partial charge >= 0.3 is 0 Å². The Bertz CT molecular complexity index is 519. The second-order valence-corrected chi connectivity index (χ2v) is 5.01. The molecule has 0 bridgehead atoms. The first-order valence-electron chi connectivity index (χ1n) is 5.82. The normalized spacial score (nSPS) is 15.9. The molecule has 0 atom stereocenters. The molecule has 18 heavy (non-hydrogen) atoms. The molecule has 1 aliphatic heterocycles. The molecule has 2 aromatic rings. The van der Waals surface area contributed by atoms with Gasteiger partial charge in [-0.2, -0.15) is 0 Å². The average Bonchev–Trinajstić information content (AvgIpc) is 2.90. The summed E-state index contributed by atoms with van der Waals surface area (Å²) in [5, 5.41) is 2.16. The fraction of sp³-hybridized carbons (Fsp3) is 0.333. The van der Waals surface area contributed by atoms with E-state index in [9.17, 15) is 0 Å². The summed E-state index contributed by atoms with van der Waals surface area (Å²) in [6.45, 7) is 3.51. The van der Waals surface area contributed by atoms with Crippen molar-refractivity contribution >= 4 is 23.0 Å². The Morgan fingerprint density at radius 1 is 1.22 bits per heavy atom. The number of nitrogen functional groups attached to an aromatic ring is 1. The van der Waals surface area contributed by atoms with Crippen molar-refractivity contribution in [1.29, 1.82) is 0 Å². The fourth-order valence-corrected chi connectivity index (χ4v) is 2.83. The maximum Gasteiger partial charge on any atom is 0.219 e. The van der Waals surface area contributed by atoms with Gasteiger partial charge in [0.2, 0.25) is 5.95 Å². The zero-order valence-corrected chi connectivity index (χ0v) is 10.7. The number of hydrogen-bond donors (Lipinski definition) is 1. The third kappa shape index (κ3) is 2.30. The van der Waals surface area contributed by atoms with Gasteiger partial charge in [-0.05, 0) is 6.07 Å². The van der Waals surface area contributed by atoms with Crippen molar-refractivity contribution < 1.29 is 4.74 Å². The van der Waals surface area contributed by atoms with Gasteiger partial charge in [0.25, 0.3) is 0 Å². The molecule has 3 rings (SSSR count). The molecular weight excluding hydrogens is 248 g/mol. The van der Waals surface area contributed by atoms with Gasteiger partial charge < -0.3 is 15.4 Å². The van der Waals surface area contributed by atoms with E-state index in [1.165, 1.54) is 5.69 Å². The van der Waals surface area contributed by atoms with Crippen LogP contribution in [-0.2, 0) is 4.74 Å². The lowest BCUT2D eigenvalue weighted by molar-refractivity contribution is 0.123. The van der Waals surface area contributed by atoms with E-state index in [0.717, 1.165) is 36.7 Å². The standard InChI is InChI=1S/C12H14N4OS/c13-12-14-6-9(7-15-12)11-5-10(8-18-11)16-1-3-17-4-2-16/h5-8H,1-4H2,(H2,13,14,15). The molecule has 2 N–H and O–H groups in total. The number of rotatable bonds is 2. The van der Waals surface area contributed by atoms with Crippen molar-refractivity contribution in [2.24, 2.45) is 0 Å². The fourth-order valence-electron chi connectivity index (χ4n) is 1.93. The molecule has 94 valence electrons. The number of anilines is 2. The van der Waals surface area contributed by atoms with Crippen molar-refractivity contribution in [1.82, 2.24) is 9.97 Å². The first kappa shape index (κ1) is 11.4. The predicted molar refractivity (Wildman–Crippen MR) is 72.8 cm³/mol. The van der Waals surface area contributed by atoms with E-state index < -0.39 is 0 Å². The van der Waals surface area contributed by atoms with Crippen LogP contribution in [0.25, 0.3) is 10.4 Å². The Morgan fingerprint density at radius 2 is 1.94 bits per heavy atom. The van der Waals surface area contributed by atoms with Crippen LogP contribution in [0.5, 0.6) is 0 Å². The molecule has 3 heterocycles. The molecule has 0 aromatic carbocycles. The van der Waals surface area contributed by atoms with E-state index >= 15 is 0 Å². The van der Waals surface area contributed by atoms with Gasteiger partial charge in [0.05, 0.1) is 13.2 Å². The molecule has 0 amide bonds. The predicted octanol–water partition coefficient (Wildman–Crippen LogP) is 1.62. The minimum atomic E-state index is 0.309. The summed E-state index contributed by atoms with van der Waals surface area (Å²) < 4.78 is 5.35. The van der Waals surface area contributed by atoms with Crippen LogP contribution in [0.3, 0.4) is 0 Å². The van der Waals surface area contributed by atoms with Crippen LogP contribution in [0.1, 0.15) is 0 Å². The summed E-state index contributed by atoms with van der Waals surface area (Å²) in [4.78, 5) is 11.5. The SMILES string of the molecule is Nc1ncc(-c2cc(N3CCOCC3)cs2)cn1. The van der Waals surface area contributed by atoms with Gasteiger partial charge in [-0.3, -0.25) is 0 Å². The molecule has 0 spiro atoms. The lowest BCUT2D eigenvalue weighted by atomic mass is 10.2. The maximum absolute atomic E-state index is 5.49. The first-order valence-corrected chi connectivity index (χ1v) is 6.70. The summed E-state index contributed by atoms with van der Waals surface area (Å²) in [6.07, 6.45) is 3.52. The number of hydrogen-bond acceptors (Lipinski definition) is 6. The van der Waals surface area contributed by atoms with Crippen molar-refractivity contribution in [3.63, 3.8) is 0 Å². The summed E-state index contributed by atoms with van der Waals surface area (Å²) in [5.41, 5.74) is 7.74. The smallest absolute Gasteiger partial charge is 0.219 e. The molecule has 0 aliphatic carbocycles. The van der Waals surface area contributed by atoms with E-state index in [1.54, 1.807) is 23.7 Å². The Morgan fingerprint density at radius 3 is 2.67 bits per heavy atom. The molecule has 6 heteroatoms. The topological polar surface area (TPSA) is 64.3 Å². The van der Waals surface area contributed by atoms with Crippen molar-refractivity contribution in [3.8, 4) is 10.4 Å². The third-order valence-electron chi connectivity index (χ3n) is 2.92. The van der Waals surface area contributed by atoms with Gasteiger partial charge in [-0.1, -0.05) is 0 Å². The molecule has 0 unspecified atom stereocenters. The van der Waals surface area contributed by atoms with Crippen molar-refractivity contribution in [3.05, 3.63) is 23.8 Å². The van der Waals surface area contributed by atoms with E-state index in [-0.39, 0.29) is 0 Å². The van der Waals surface area contributed by atoms with Crippen LogP contribution in [0.15, 0.2) is 23.8 Å². The maximum atomic E-state index is 5.49. The van der Waals surface area contributed by atoms with Gasteiger partial charge in [0.15, 0.2) is 0 Å². The monoisotopic (exact) mass is 262 g/mol. The molecule has 1 fully saturated rings. The lowest BCUT2D eigenvalue weighted by Crippen LogP contribution is -2.35. The molecule has 2 aromatic heterocycles. The number of ether oxygens (including phenoxy) is 1. The summed E-state index contributed by atoms with van der Waals surface area (Å²) in [7, 11) is 0. The van der Waals surface area contributed by atoms with Crippen LogP contribution in [0.4, 0.5) is 11.6 Å². The highest BCUT2D eigenvalue weighted by atomic mass is 32.1. The first-order chi connectivity index (χ1) is 8.83. The Hall–Kier alpha value is -1.66. The van der Waals surface area contributed by atoms with Gasteiger partial charge in [0.1, 0.15) is 0 Å². The van der Waals surface area contributed by atoms with Crippen LogP contribution in [0.2, 0.25) is 0 Å². The Balaban J connectivity index is 1.82. The van der Waals surface area contributed by atoms with Gasteiger partial charge in [-0.15, -0.1) is 11.3 Å². The second kappa shape index (κ2) is 4.91. The van der Waals surface area contributed by atoms with E-state index in [2.05, 4.69) is 26.3 Å². The van der Waals surface area contributed by atoms with Gasteiger partial charge in [0, 0.05) is 47.0 Å². The van der Waals surface area contributed by atoms with Crippen molar-refractivity contribution in [2.45, 2.75) is 0 Å². The van der Waals surface area contributed by atoms with Crippen LogP contribution in [-0.4, -0.2) is 36.3 Å². The molecular formula is C12H14N4OS. The Labute approximate surface area is 109 Å². The highest BCUT2D eigenvalue weighted by molar-refractivity contribution is 7.14. The average molecular weight is 262 g/mol. The van der Waals surface area contributed by atoms with Gasteiger partial charge in [-0.25, -0.2) is 9.97 Å². The largest absolute Gasteiger partial charge is 0.378 e. The number of nitrogens with zero attached hydrogens (tertiary/aromatic N) is 3. The number of nitrogens with two attached hydrogens (primary N) is 1. The minimum absolute atomic E-state index is 0.309. The lowest BCUT2D eigenvalue weighted by Gasteiger charge is -2.27. The zero-order valence-electron chi connectivity index (χ0n) is 9.87. The highest BCUT2D eigenvalue weighted by Crippen LogP contribution is 2.31. The molecule has 0 saturated carbocycles. The third-order valence-corrected chi connectivity index (χ3v) is 3.89. The van der Waals surface area contributed by atoms with Crippen molar-refractivity contribution in [2.75, 3.05) is 36.9 Å². The molecule has 1 aliphatic rings. The number of morpholine rings is 1. The second-order valence-electron chi connectivity index (χ2n) is 4.10. The van der Waals surface area contributed by atoms with E-state index in [0.29, 0.717) is 5.95 Å². The molecule has 5 nitrogen and oxygen atoms in total. The Kier molecular flexibility index (Phi) is 3.12. The van der Waals surface area contributed by atoms with E-state index in [1.807, 2.05) is 0 Å². The summed E-state index contributed by atoms with van der Waals surface area (Å²) in [6, 6.07) is 2.17. The molecule has 1 saturated heterocycles. The van der Waals surface area contributed by atoms with E-state index in [4.69, 9.17) is 10.5 Å². The summed E-state index contributed by atoms with van der Waals surface area (Å²) >= 11 is 1.70. The minimum Gasteiger partial charge on any atom is -0.378 e. The number of aromatic nitrogens is 2. The number of thiophene rings is 1. The van der Waals surface area contributed by atoms with Crippen LogP contribution < -0.4 is 10.6 Å². The van der Waals surface area contributed by atoms with Crippen LogP contribution >= 0.6 is 11.3 Å². The zero-order chi connectivity index (χ0) is 12.4. The quantitative estimate of drug-likeness (QED) is 0.891.